The summed E-state index contributed by atoms with van der Waals surface area (Å²) in [6, 6.07) is 13.1. The number of ether oxygens (including phenoxy) is 2. The van der Waals surface area contributed by atoms with Gasteiger partial charge in [0.1, 0.15) is 11.9 Å². The molecule has 0 aromatic heterocycles. The lowest BCUT2D eigenvalue weighted by Gasteiger charge is -2.11. The molecule has 8 nitrogen and oxygen atoms in total. The van der Waals surface area contributed by atoms with Gasteiger partial charge in [-0.1, -0.05) is 39.8 Å². The topological polar surface area (TPSA) is 110 Å². The van der Waals surface area contributed by atoms with Crippen molar-refractivity contribution in [2.45, 2.75) is 18.3 Å². The second kappa shape index (κ2) is 10.3. The Bertz CT molecular complexity index is 994. The van der Waals surface area contributed by atoms with Crippen LogP contribution in [0.1, 0.15) is 17.5 Å². The minimum absolute atomic E-state index is 0.266. The van der Waals surface area contributed by atoms with E-state index in [-0.39, 0.29) is 17.5 Å². The Morgan fingerprint density at radius 2 is 2.03 bits per heavy atom. The number of rotatable bonds is 8. The second-order valence-corrected chi connectivity index (χ2v) is 8.28. The standard InChI is InChI=1S/C20H18BrN3O5S/c1-28-15-7-4-13(8-16(15)29-11-12-2-5-14(21)6-3-12)10-22-24-20-23-19(27)17(30-20)9-18(25)26/h2-8,10,17H,9,11H2,1H3,(H,25,26)(H,23,24,27)/b22-10-/t17-/m0/s1. The maximum Gasteiger partial charge on any atom is 0.305 e. The number of carboxylic acid groups (broad SMARTS) is 1. The van der Waals surface area contributed by atoms with E-state index in [2.05, 4.69) is 31.4 Å². The van der Waals surface area contributed by atoms with Gasteiger partial charge in [-0.05, 0) is 41.5 Å². The Morgan fingerprint density at radius 1 is 1.27 bits per heavy atom. The number of amides is 1. The zero-order valence-electron chi connectivity index (χ0n) is 15.9. The van der Waals surface area contributed by atoms with E-state index >= 15 is 0 Å². The van der Waals surface area contributed by atoms with Crippen LogP contribution < -0.4 is 14.8 Å². The second-order valence-electron chi connectivity index (χ2n) is 6.17. The average molecular weight is 492 g/mol. The molecule has 0 spiro atoms. The summed E-state index contributed by atoms with van der Waals surface area (Å²) < 4.78 is 12.2. The maximum absolute atomic E-state index is 11.7. The van der Waals surface area contributed by atoms with Crippen LogP contribution in [0.3, 0.4) is 0 Å². The number of halogens is 1. The van der Waals surface area contributed by atoms with Crippen LogP contribution in [0.2, 0.25) is 0 Å². The van der Waals surface area contributed by atoms with Crippen molar-refractivity contribution in [3.8, 4) is 11.5 Å². The highest BCUT2D eigenvalue weighted by Gasteiger charge is 2.32. The highest BCUT2D eigenvalue weighted by atomic mass is 79.9. The molecule has 30 heavy (non-hydrogen) atoms. The molecule has 2 aromatic rings. The lowest BCUT2D eigenvalue weighted by atomic mass is 10.2. The van der Waals surface area contributed by atoms with Gasteiger partial charge in [-0.25, -0.2) is 0 Å². The lowest BCUT2D eigenvalue weighted by molar-refractivity contribution is -0.138. The average Bonchev–Trinajstić information content (AvgIpc) is 3.06. The SMILES string of the molecule is COc1ccc(/C=N\N=C2\NC(=O)[C@H](CC(=O)O)S2)cc1OCc1ccc(Br)cc1. The van der Waals surface area contributed by atoms with Crippen molar-refractivity contribution in [2.24, 2.45) is 10.2 Å². The predicted molar refractivity (Wildman–Crippen MR) is 118 cm³/mol. The summed E-state index contributed by atoms with van der Waals surface area (Å²) >= 11 is 4.45. The van der Waals surface area contributed by atoms with Crippen molar-refractivity contribution in [3.63, 3.8) is 0 Å². The minimum atomic E-state index is -1.04. The summed E-state index contributed by atoms with van der Waals surface area (Å²) in [5.41, 5.74) is 1.73. The fourth-order valence-corrected chi connectivity index (χ4v) is 3.70. The molecule has 1 saturated heterocycles. The zero-order valence-corrected chi connectivity index (χ0v) is 18.3. The van der Waals surface area contributed by atoms with Gasteiger partial charge >= 0.3 is 5.97 Å². The van der Waals surface area contributed by atoms with Gasteiger partial charge in [0.15, 0.2) is 16.7 Å². The highest BCUT2D eigenvalue weighted by molar-refractivity contribution is 9.10. The van der Waals surface area contributed by atoms with E-state index in [4.69, 9.17) is 14.6 Å². The van der Waals surface area contributed by atoms with Gasteiger partial charge in [0.25, 0.3) is 0 Å². The molecule has 0 unspecified atom stereocenters. The van der Waals surface area contributed by atoms with E-state index < -0.39 is 11.2 Å². The molecule has 1 fully saturated rings. The van der Waals surface area contributed by atoms with Gasteiger partial charge in [0.2, 0.25) is 5.91 Å². The normalized spacial score (nSPS) is 17.3. The minimum Gasteiger partial charge on any atom is -0.493 e. The van der Waals surface area contributed by atoms with E-state index in [1.165, 1.54) is 6.21 Å². The van der Waals surface area contributed by atoms with Crippen LogP contribution in [0.15, 0.2) is 57.1 Å². The molecule has 1 aliphatic heterocycles. The molecular formula is C20H18BrN3O5S. The lowest BCUT2D eigenvalue weighted by Crippen LogP contribution is -2.26. The summed E-state index contributed by atoms with van der Waals surface area (Å²) in [5, 5.41) is 18.8. The van der Waals surface area contributed by atoms with E-state index in [1.807, 2.05) is 24.3 Å². The van der Waals surface area contributed by atoms with Crippen molar-refractivity contribution in [2.75, 3.05) is 7.11 Å². The molecule has 1 amide bonds. The third-order valence-corrected chi connectivity index (χ3v) is 5.59. The molecule has 10 heteroatoms. The molecule has 1 atom stereocenters. The summed E-state index contributed by atoms with van der Waals surface area (Å²) in [7, 11) is 1.56. The van der Waals surface area contributed by atoms with Crippen LogP contribution >= 0.6 is 27.7 Å². The maximum atomic E-state index is 11.7. The fourth-order valence-electron chi connectivity index (χ4n) is 2.52. The quantitative estimate of drug-likeness (QED) is 0.432. The summed E-state index contributed by atoms with van der Waals surface area (Å²) in [5.74, 6) is -0.279. The smallest absolute Gasteiger partial charge is 0.305 e. The van der Waals surface area contributed by atoms with E-state index in [1.54, 1.807) is 25.3 Å². The first-order valence-electron chi connectivity index (χ1n) is 8.80. The van der Waals surface area contributed by atoms with Crippen LogP contribution in [0.5, 0.6) is 11.5 Å². The number of carbonyl (C=O) groups excluding carboxylic acids is 1. The molecule has 1 aliphatic rings. The van der Waals surface area contributed by atoms with Crippen molar-refractivity contribution < 1.29 is 24.2 Å². The number of nitrogens with one attached hydrogen (secondary N) is 1. The van der Waals surface area contributed by atoms with Crippen LogP contribution in [0.25, 0.3) is 0 Å². The monoisotopic (exact) mass is 491 g/mol. The molecule has 0 saturated carbocycles. The predicted octanol–water partition coefficient (Wildman–Crippen LogP) is 3.43. The number of benzene rings is 2. The first-order chi connectivity index (χ1) is 14.4. The van der Waals surface area contributed by atoms with E-state index in [9.17, 15) is 9.59 Å². The van der Waals surface area contributed by atoms with Gasteiger partial charge in [-0.3, -0.25) is 9.59 Å². The Hall–Kier alpha value is -2.85. The molecule has 2 N–H and O–H groups in total. The van der Waals surface area contributed by atoms with E-state index in [0.717, 1.165) is 27.4 Å². The molecule has 0 bridgehead atoms. The number of amidine groups is 1. The van der Waals surface area contributed by atoms with Crippen LogP contribution in [-0.2, 0) is 16.2 Å². The van der Waals surface area contributed by atoms with Crippen LogP contribution in [0, 0.1) is 0 Å². The number of carboxylic acids is 1. The first-order valence-corrected chi connectivity index (χ1v) is 10.5. The number of carbonyl (C=O) groups is 2. The number of nitrogens with zero attached hydrogens (tertiary/aromatic N) is 2. The molecule has 2 aromatic carbocycles. The van der Waals surface area contributed by atoms with Crippen molar-refractivity contribution in [1.82, 2.24) is 5.32 Å². The first kappa shape index (κ1) is 21.8. The third-order valence-electron chi connectivity index (χ3n) is 3.99. The number of methoxy groups -OCH3 is 1. The number of aliphatic carboxylic acids is 1. The molecule has 3 rings (SSSR count). The van der Waals surface area contributed by atoms with Crippen LogP contribution in [-0.4, -0.2) is 40.7 Å². The number of thioether (sulfide) groups is 1. The van der Waals surface area contributed by atoms with Gasteiger partial charge in [-0.15, -0.1) is 5.10 Å². The molecular weight excluding hydrogens is 474 g/mol. The molecule has 156 valence electrons. The van der Waals surface area contributed by atoms with Gasteiger partial charge < -0.3 is 19.9 Å². The Kier molecular flexibility index (Phi) is 7.47. The fraction of sp³-hybridized carbons (Fsp3) is 0.200. The van der Waals surface area contributed by atoms with Gasteiger partial charge in [0.05, 0.1) is 19.7 Å². The summed E-state index contributed by atoms with van der Waals surface area (Å²) in [6.45, 7) is 0.375. The largest absolute Gasteiger partial charge is 0.493 e. The van der Waals surface area contributed by atoms with E-state index in [0.29, 0.717) is 18.1 Å². The Labute approximate surface area is 185 Å². The van der Waals surface area contributed by atoms with Crippen molar-refractivity contribution >= 4 is 51.0 Å². The summed E-state index contributed by atoms with van der Waals surface area (Å²) in [4.78, 5) is 22.5. The molecule has 0 aliphatic carbocycles. The summed E-state index contributed by atoms with van der Waals surface area (Å²) in [6.07, 6.45) is 1.24. The van der Waals surface area contributed by atoms with Crippen LogP contribution in [0.4, 0.5) is 0 Å². The molecule has 1 heterocycles. The third kappa shape index (κ3) is 6.07. The van der Waals surface area contributed by atoms with Gasteiger partial charge in [-0.2, -0.15) is 5.10 Å². The van der Waals surface area contributed by atoms with Crippen molar-refractivity contribution in [3.05, 3.63) is 58.1 Å². The van der Waals surface area contributed by atoms with Gasteiger partial charge in [0, 0.05) is 4.47 Å². The van der Waals surface area contributed by atoms with Crippen molar-refractivity contribution in [1.29, 1.82) is 0 Å². The Morgan fingerprint density at radius 3 is 2.73 bits per heavy atom. The highest BCUT2D eigenvalue weighted by Crippen LogP contribution is 2.28. The number of hydrogen-bond donors (Lipinski definition) is 2. The number of hydrogen-bond acceptors (Lipinski definition) is 7. The Balaban J connectivity index is 1.66. The zero-order chi connectivity index (χ0) is 21.5. The molecule has 0 radical (unpaired) electrons.